The number of carbonyl (C=O) groups excluding carboxylic acids is 1. The molecule has 9 nitrogen and oxygen atoms in total. The molecular formula is C12H9N3O6. The fourth-order valence-electron chi connectivity index (χ4n) is 1.59. The molecule has 0 saturated heterocycles. The van der Waals surface area contributed by atoms with Crippen LogP contribution in [0.1, 0.15) is 26.6 Å². The van der Waals surface area contributed by atoms with Crippen molar-refractivity contribution < 1.29 is 24.1 Å². The van der Waals surface area contributed by atoms with Crippen molar-refractivity contribution in [2.75, 3.05) is 5.32 Å². The third-order valence-electron chi connectivity index (χ3n) is 2.54. The highest BCUT2D eigenvalue weighted by atomic mass is 16.6. The summed E-state index contributed by atoms with van der Waals surface area (Å²) >= 11 is 0. The van der Waals surface area contributed by atoms with Crippen LogP contribution in [-0.4, -0.2) is 27.1 Å². The van der Waals surface area contributed by atoms with Crippen LogP contribution in [0.5, 0.6) is 0 Å². The van der Waals surface area contributed by atoms with E-state index in [1.807, 2.05) is 0 Å². The molecule has 9 heteroatoms. The number of aromatic carboxylic acids is 1. The first-order chi connectivity index (χ1) is 9.88. The highest BCUT2D eigenvalue weighted by Gasteiger charge is 2.19. The Kier molecular flexibility index (Phi) is 3.65. The molecule has 0 bridgehead atoms. The molecule has 1 amide bonds. The van der Waals surface area contributed by atoms with Gasteiger partial charge in [0.05, 0.1) is 21.9 Å². The lowest BCUT2D eigenvalue weighted by molar-refractivity contribution is -0.384. The highest BCUT2D eigenvalue weighted by molar-refractivity contribution is 6.06. The Labute approximate surface area is 117 Å². The molecule has 0 aliphatic heterocycles. The van der Waals surface area contributed by atoms with Crippen molar-refractivity contribution in [2.24, 2.45) is 0 Å². The third kappa shape index (κ3) is 3.03. The fraction of sp³-hybridized carbons (Fsp3) is 0.0833. The van der Waals surface area contributed by atoms with Gasteiger partial charge in [0.2, 0.25) is 5.76 Å². The van der Waals surface area contributed by atoms with E-state index in [-0.39, 0.29) is 17.1 Å². The summed E-state index contributed by atoms with van der Waals surface area (Å²) in [5.41, 5.74) is -0.371. The van der Waals surface area contributed by atoms with Crippen LogP contribution < -0.4 is 5.32 Å². The quantitative estimate of drug-likeness (QED) is 0.647. The second kappa shape index (κ2) is 5.41. The minimum Gasteiger partial charge on any atom is -0.478 e. The zero-order valence-corrected chi connectivity index (χ0v) is 10.7. The molecule has 0 radical (unpaired) electrons. The van der Waals surface area contributed by atoms with Crippen molar-refractivity contribution in [1.29, 1.82) is 0 Å². The van der Waals surface area contributed by atoms with Crippen molar-refractivity contribution in [3.05, 3.63) is 51.4 Å². The van der Waals surface area contributed by atoms with Gasteiger partial charge in [-0.1, -0.05) is 5.16 Å². The summed E-state index contributed by atoms with van der Waals surface area (Å²) in [4.78, 5) is 32.9. The van der Waals surface area contributed by atoms with Crippen molar-refractivity contribution in [2.45, 2.75) is 6.92 Å². The van der Waals surface area contributed by atoms with Gasteiger partial charge in [-0.15, -0.1) is 0 Å². The number of rotatable bonds is 4. The van der Waals surface area contributed by atoms with Crippen molar-refractivity contribution >= 4 is 23.3 Å². The van der Waals surface area contributed by atoms with Crippen LogP contribution in [-0.2, 0) is 0 Å². The third-order valence-corrected chi connectivity index (χ3v) is 2.54. The van der Waals surface area contributed by atoms with Crippen LogP contribution in [0.4, 0.5) is 11.4 Å². The molecular weight excluding hydrogens is 282 g/mol. The highest BCUT2D eigenvalue weighted by Crippen LogP contribution is 2.23. The predicted molar refractivity (Wildman–Crippen MR) is 69.2 cm³/mol. The zero-order chi connectivity index (χ0) is 15.6. The van der Waals surface area contributed by atoms with Crippen LogP contribution in [0.3, 0.4) is 0 Å². The molecule has 0 spiro atoms. The standard InChI is InChI=1S/C12H9N3O6/c1-6-4-10(21-14-6)11(16)13-9-3-2-7(15(19)20)5-8(9)12(17)18/h2-5H,1H3,(H,13,16)(H,17,18). The number of non-ortho nitro benzene ring substituents is 1. The molecule has 108 valence electrons. The molecule has 0 unspecified atom stereocenters. The molecule has 0 aliphatic carbocycles. The summed E-state index contributed by atoms with van der Waals surface area (Å²) in [6.45, 7) is 1.62. The maximum atomic E-state index is 11.8. The predicted octanol–water partition coefficient (Wildman–Crippen LogP) is 1.84. The number of nitrogens with one attached hydrogen (secondary N) is 1. The topological polar surface area (TPSA) is 136 Å². The summed E-state index contributed by atoms with van der Waals surface area (Å²) in [5, 5.41) is 25.5. The molecule has 0 aliphatic rings. The Hall–Kier alpha value is -3.23. The minimum absolute atomic E-state index is 0.0767. The van der Waals surface area contributed by atoms with E-state index in [0.717, 1.165) is 18.2 Å². The molecule has 1 aromatic heterocycles. The van der Waals surface area contributed by atoms with Crippen LogP contribution >= 0.6 is 0 Å². The van der Waals surface area contributed by atoms with Gasteiger partial charge in [0.1, 0.15) is 0 Å². The van der Waals surface area contributed by atoms with E-state index in [1.165, 1.54) is 6.07 Å². The van der Waals surface area contributed by atoms with E-state index in [0.29, 0.717) is 5.69 Å². The van der Waals surface area contributed by atoms with Gasteiger partial charge in [-0.3, -0.25) is 14.9 Å². The first kappa shape index (κ1) is 14.2. The van der Waals surface area contributed by atoms with E-state index in [1.54, 1.807) is 6.92 Å². The SMILES string of the molecule is Cc1cc(C(=O)Nc2ccc([N+](=O)[O-])cc2C(=O)O)on1. The van der Waals surface area contributed by atoms with E-state index >= 15 is 0 Å². The van der Waals surface area contributed by atoms with Gasteiger partial charge >= 0.3 is 5.97 Å². The van der Waals surface area contributed by atoms with E-state index < -0.39 is 22.4 Å². The number of anilines is 1. The van der Waals surface area contributed by atoms with E-state index in [4.69, 9.17) is 9.63 Å². The number of amides is 1. The Morgan fingerprint density at radius 3 is 2.62 bits per heavy atom. The summed E-state index contributed by atoms with van der Waals surface area (Å²) in [5.74, 6) is -2.20. The number of hydrogen-bond donors (Lipinski definition) is 2. The number of carboxylic acid groups (broad SMARTS) is 1. The van der Waals surface area contributed by atoms with Gasteiger partial charge < -0.3 is 14.9 Å². The van der Waals surface area contributed by atoms with Gasteiger partial charge in [0, 0.05) is 18.2 Å². The molecule has 2 aromatic rings. The van der Waals surface area contributed by atoms with Crippen molar-refractivity contribution in [3.8, 4) is 0 Å². The average Bonchev–Trinajstić information content (AvgIpc) is 2.85. The van der Waals surface area contributed by atoms with Crippen LogP contribution in [0.2, 0.25) is 0 Å². The molecule has 1 heterocycles. The second-order valence-electron chi connectivity index (χ2n) is 4.08. The summed E-state index contributed by atoms with van der Waals surface area (Å²) in [6, 6.07) is 4.47. The molecule has 2 rings (SSSR count). The largest absolute Gasteiger partial charge is 0.478 e. The Morgan fingerprint density at radius 2 is 2.10 bits per heavy atom. The number of nitrogens with zero attached hydrogens (tertiary/aromatic N) is 2. The Bertz CT molecular complexity index is 736. The normalized spacial score (nSPS) is 10.1. The summed E-state index contributed by atoms with van der Waals surface area (Å²) < 4.78 is 4.74. The van der Waals surface area contributed by atoms with Crippen LogP contribution in [0, 0.1) is 17.0 Å². The maximum Gasteiger partial charge on any atom is 0.338 e. The molecule has 21 heavy (non-hydrogen) atoms. The summed E-state index contributed by atoms with van der Waals surface area (Å²) in [7, 11) is 0. The lowest BCUT2D eigenvalue weighted by atomic mass is 10.1. The second-order valence-corrected chi connectivity index (χ2v) is 4.08. The number of hydrogen-bond acceptors (Lipinski definition) is 6. The number of aryl methyl sites for hydroxylation is 1. The number of carboxylic acids is 1. The Morgan fingerprint density at radius 1 is 1.38 bits per heavy atom. The average molecular weight is 291 g/mol. The molecule has 0 atom stereocenters. The first-order valence-electron chi connectivity index (χ1n) is 5.65. The van der Waals surface area contributed by atoms with E-state index in [2.05, 4.69) is 10.5 Å². The van der Waals surface area contributed by atoms with Gasteiger partial charge in [0.15, 0.2) is 0 Å². The molecule has 0 saturated carbocycles. The van der Waals surface area contributed by atoms with Gasteiger partial charge in [-0.05, 0) is 13.0 Å². The number of nitro benzene ring substituents is 1. The lowest BCUT2D eigenvalue weighted by Crippen LogP contribution is -2.14. The number of benzene rings is 1. The lowest BCUT2D eigenvalue weighted by Gasteiger charge is -2.06. The number of carbonyl (C=O) groups is 2. The van der Waals surface area contributed by atoms with Gasteiger partial charge in [0.25, 0.3) is 11.6 Å². The maximum absolute atomic E-state index is 11.8. The van der Waals surface area contributed by atoms with Crippen LogP contribution in [0.25, 0.3) is 0 Å². The smallest absolute Gasteiger partial charge is 0.338 e. The number of nitro groups is 1. The monoisotopic (exact) mass is 291 g/mol. The van der Waals surface area contributed by atoms with Crippen molar-refractivity contribution in [1.82, 2.24) is 5.16 Å². The first-order valence-corrected chi connectivity index (χ1v) is 5.65. The van der Waals surface area contributed by atoms with E-state index in [9.17, 15) is 19.7 Å². The number of aromatic nitrogens is 1. The zero-order valence-electron chi connectivity index (χ0n) is 10.7. The molecule has 1 aromatic carbocycles. The summed E-state index contributed by atoms with van der Waals surface area (Å²) in [6.07, 6.45) is 0. The van der Waals surface area contributed by atoms with Crippen molar-refractivity contribution in [3.63, 3.8) is 0 Å². The van der Waals surface area contributed by atoms with Crippen LogP contribution in [0.15, 0.2) is 28.8 Å². The van der Waals surface area contributed by atoms with Gasteiger partial charge in [-0.2, -0.15) is 0 Å². The molecule has 0 fully saturated rings. The fourth-order valence-corrected chi connectivity index (χ4v) is 1.59. The minimum atomic E-state index is -1.40. The molecule has 2 N–H and O–H groups in total. The Balaban J connectivity index is 2.33. The van der Waals surface area contributed by atoms with Gasteiger partial charge in [-0.25, -0.2) is 4.79 Å².